The van der Waals surface area contributed by atoms with Crippen LogP contribution in [0.25, 0.3) is 0 Å². The Morgan fingerprint density at radius 1 is 1.33 bits per heavy atom. The molecule has 3 rings (SSSR count). The lowest BCUT2D eigenvalue weighted by Crippen LogP contribution is -2.30. The second-order valence-corrected chi connectivity index (χ2v) is 5.49. The number of carbonyl (C=O) groups excluding carboxylic acids is 1. The first kappa shape index (κ1) is 13.8. The number of aromatic nitrogens is 2. The lowest BCUT2D eigenvalue weighted by molar-refractivity contribution is 0.0771. The first-order chi connectivity index (χ1) is 10.3. The molecule has 1 saturated heterocycles. The number of thiophene rings is 1. The van der Waals surface area contributed by atoms with Gasteiger partial charge in [0.2, 0.25) is 11.8 Å². The largest absolute Gasteiger partial charge is 0.480 e. The molecule has 1 fully saturated rings. The Hall–Kier alpha value is -2.15. The summed E-state index contributed by atoms with van der Waals surface area (Å²) >= 11 is 1.52. The van der Waals surface area contributed by atoms with Crippen LogP contribution in [0.15, 0.2) is 29.0 Å². The first-order valence-electron chi connectivity index (χ1n) is 6.62. The van der Waals surface area contributed by atoms with E-state index in [1.165, 1.54) is 18.4 Å². The predicted octanol–water partition coefficient (Wildman–Crippen LogP) is 1.84. The van der Waals surface area contributed by atoms with Crippen molar-refractivity contribution in [3.8, 4) is 11.8 Å². The van der Waals surface area contributed by atoms with E-state index in [0.29, 0.717) is 24.8 Å². The van der Waals surface area contributed by atoms with Gasteiger partial charge in [0, 0.05) is 30.5 Å². The van der Waals surface area contributed by atoms with Gasteiger partial charge in [-0.15, -0.1) is 10.2 Å². The molecule has 1 atom stereocenters. The molecule has 2 aromatic heterocycles. The lowest BCUT2D eigenvalue weighted by atomic mass is 10.3. The van der Waals surface area contributed by atoms with Crippen molar-refractivity contribution >= 4 is 17.2 Å². The van der Waals surface area contributed by atoms with Crippen LogP contribution < -0.4 is 9.47 Å². The summed E-state index contributed by atoms with van der Waals surface area (Å²) in [6.45, 7) is 1.27. The molecular weight excluding hydrogens is 290 g/mol. The average molecular weight is 305 g/mol. The molecule has 0 bridgehead atoms. The van der Waals surface area contributed by atoms with Crippen molar-refractivity contribution in [2.24, 2.45) is 0 Å². The lowest BCUT2D eigenvalue weighted by Gasteiger charge is -2.16. The fourth-order valence-electron chi connectivity index (χ4n) is 2.23. The van der Waals surface area contributed by atoms with E-state index >= 15 is 0 Å². The van der Waals surface area contributed by atoms with E-state index < -0.39 is 0 Å². The number of hydrogen-bond acceptors (Lipinski definition) is 6. The zero-order valence-corrected chi connectivity index (χ0v) is 12.4. The molecule has 1 unspecified atom stereocenters. The van der Waals surface area contributed by atoms with Crippen molar-refractivity contribution in [2.45, 2.75) is 12.5 Å². The smallest absolute Gasteiger partial charge is 0.254 e. The minimum absolute atomic E-state index is 0.0460. The number of ether oxygens (including phenoxy) is 2. The summed E-state index contributed by atoms with van der Waals surface area (Å²) < 4.78 is 10.7. The number of carbonyl (C=O) groups is 1. The summed E-state index contributed by atoms with van der Waals surface area (Å²) in [5.74, 6) is 0.955. The predicted molar refractivity (Wildman–Crippen MR) is 77.8 cm³/mol. The SMILES string of the molecule is COc1ccc(OC2CCN(C(=O)c3ccsc3)C2)nn1. The minimum atomic E-state index is -0.0460. The Kier molecular flexibility index (Phi) is 4.01. The molecular formula is C14H15N3O3S. The maximum atomic E-state index is 12.2. The number of hydrogen-bond donors (Lipinski definition) is 0. The van der Waals surface area contributed by atoms with Gasteiger partial charge in [-0.05, 0) is 11.4 Å². The van der Waals surface area contributed by atoms with E-state index in [-0.39, 0.29) is 12.0 Å². The van der Waals surface area contributed by atoms with Gasteiger partial charge in [-0.1, -0.05) is 0 Å². The quantitative estimate of drug-likeness (QED) is 0.862. The number of rotatable bonds is 4. The van der Waals surface area contributed by atoms with Crippen molar-refractivity contribution < 1.29 is 14.3 Å². The van der Waals surface area contributed by atoms with Crippen LogP contribution in [0, 0.1) is 0 Å². The van der Waals surface area contributed by atoms with E-state index in [0.717, 1.165) is 12.0 Å². The standard InChI is InChI=1S/C14H15N3O3S/c1-19-12-2-3-13(16-15-12)20-11-4-6-17(8-11)14(18)10-5-7-21-9-10/h2-3,5,7,9,11H,4,6,8H2,1H3. The van der Waals surface area contributed by atoms with Gasteiger partial charge in [0.15, 0.2) is 0 Å². The second-order valence-electron chi connectivity index (χ2n) is 4.71. The van der Waals surface area contributed by atoms with Crippen molar-refractivity contribution in [3.63, 3.8) is 0 Å². The van der Waals surface area contributed by atoms with Crippen LogP contribution >= 0.6 is 11.3 Å². The summed E-state index contributed by atoms with van der Waals surface area (Å²) in [5, 5.41) is 11.6. The summed E-state index contributed by atoms with van der Waals surface area (Å²) in [6, 6.07) is 5.26. The van der Waals surface area contributed by atoms with Gasteiger partial charge >= 0.3 is 0 Å². The van der Waals surface area contributed by atoms with Crippen molar-refractivity contribution in [1.29, 1.82) is 0 Å². The molecule has 0 N–H and O–H groups in total. The fourth-order valence-corrected chi connectivity index (χ4v) is 2.86. The highest BCUT2D eigenvalue weighted by Gasteiger charge is 2.28. The topological polar surface area (TPSA) is 64.6 Å². The van der Waals surface area contributed by atoms with Crippen LogP contribution in [0.5, 0.6) is 11.8 Å². The molecule has 0 radical (unpaired) electrons. The minimum Gasteiger partial charge on any atom is -0.480 e. The van der Waals surface area contributed by atoms with Crippen molar-refractivity contribution in [3.05, 3.63) is 34.5 Å². The number of methoxy groups -OCH3 is 1. The zero-order chi connectivity index (χ0) is 14.7. The van der Waals surface area contributed by atoms with Crippen LogP contribution in [-0.2, 0) is 0 Å². The molecule has 2 aromatic rings. The van der Waals surface area contributed by atoms with Crippen molar-refractivity contribution in [2.75, 3.05) is 20.2 Å². The Bertz CT molecular complexity index is 600. The second kappa shape index (κ2) is 6.09. The van der Waals surface area contributed by atoms with Gasteiger partial charge in [-0.2, -0.15) is 11.3 Å². The van der Waals surface area contributed by atoms with E-state index in [1.807, 2.05) is 21.7 Å². The van der Waals surface area contributed by atoms with Crippen molar-refractivity contribution in [1.82, 2.24) is 15.1 Å². The highest BCUT2D eigenvalue weighted by atomic mass is 32.1. The highest BCUT2D eigenvalue weighted by Crippen LogP contribution is 2.19. The van der Waals surface area contributed by atoms with Gasteiger partial charge in [0.1, 0.15) is 6.10 Å². The number of amides is 1. The highest BCUT2D eigenvalue weighted by molar-refractivity contribution is 7.08. The van der Waals surface area contributed by atoms with Gasteiger partial charge in [0.25, 0.3) is 5.91 Å². The Balaban J connectivity index is 1.58. The average Bonchev–Trinajstić information content (AvgIpc) is 3.19. The molecule has 0 saturated carbocycles. The Morgan fingerprint density at radius 3 is 2.81 bits per heavy atom. The van der Waals surface area contributed by atoms with Crippen LogP contribution in [-0.4, -0.2) is 47.3 Å². The molecule has 0 spiro atoms. The summed E-state index contributed by atoms with van der Waals surface area (Å²) in [5.41, 5.74) is 0.741. The Morgan fingerprint density at radius 2 is 2.14 bits per heavy atom. The molecule has 0 aromatic carbocycles. The maximum Gasteiger partial charge on any atom is 0.254 e. The molecule has 110 valence electrons. The van der Waals surface area contributed by atoms with Gasteiger partial charge in [-0.25, -0.2) is 0 Å². The van der Waals surface area contributed by atoms with Crippen LogP contribution in [0.3, 0.4) is 0 Å². The molecule has 1 aliphatic heterocycles. The van der Waals surface area contributed by atoms with Crippen LogP contribution in [0.2, 0.25) is 0 Å². The maximum absolute atomic E-state index is 12.2. The molecule has 1 amide bonds. The Labute approximate surface area is 126 Å². The molecule has 0 aliphatic carbocycles. The third-order valence-electron chi connectivity index (χ3n) is 3.31. The van der Waals surface area contributed by atoms with E-state index in [4.69, 9.17) is 9.47 Å². The number of nitrogens with zero attached hydrogens (tertiary/aromatic N) is 3. The third-order valence-corrected chi connectivity index (χ3v) is 4.00. The first-order valence-corrected chi connectivity index (χ1v) is 7.56. The molecule has 6 nitrogen and oxygen atoms in total. The molecule has 1 aliphatic rings. The van der Waals surface area contributed by atoms with E-state index in [9.17, 15) is 4.79 Å². The van der Waals surface area contributed by atoms with Crippen LogP contribution in [0.1, 0.15) is 16.8 Å². The molecule has 21 heavy (non-hydrogen) atoms. The fraction of sp³-hybridized carbons (Fsp3) is 0.357. The van der Waals surface area contributed by atoms with Crippen LogP contribution in [0.4, 0.5) is 0 Å². The van der Waals surface area contributed by atoms with Gasteiger partial charge in [0.05, 0.1) is 19.2 Å². The third kappa shape index (κ3) is 3.13. The monoisotopic (exact) mass is 305 g/mol. The normalized spacial score (nSPS) is 17.8. The van der Waals surface area contributed by atoms with E-state index in [1.54, 1.807) is 12.1 Å². The van der Waals surface area contributed by atoms with Gasteiger partial charge < -0.3 is 14.4 Å². The molecule has 3 heterocycles. The molecule has 7 heteroatoms. The zero-order valence-electron chi connectivity index (χ0n) is 11.6. The summed E-state index contributed by atoms with van der Waals surface area (Å²) in [4.78, 5) is 14.0. The number of likely N-dealkylation sites (tertiary alicyclic amines) is 1. The van der Waals surface area contributed by atoms with E-state index in [2.05, 4.69) is 10.2 Å². The summed E-state index contributed by atoms with van der Waals surface area (Å²) in [7, 11) is 1.54. The summed E-state index contributed by atoms with van der Waals surface area (Å²) in [6.07, 6.45) is 0.749. The van der Waals surface area contributed by atoms with Gasteiger partial charge in [-0.3, -0.25) is 4.79 Å².